The molecule has 0 spiro atoms. The van der Waals surface area contributed by atoms with Gasteiger partial charge in [0.15, 0.2) is 21.2 Å². The molecule has 0 radical (unpaired) electrons. The number of aromatic nitrogens is 2. The smallest absolute Gasteiger partial charge is 0.327 e. The number of hydrogen-bond donors (Lipinski definition) is 0. The maximum absolute atomic E-state index is 12.9. The van der Waals surface area contributed by atoms with E-state index < -0.39 is 38.2 Å². The monoisotopic (exact) mass is 412 g/mol. The average molecular weight is 413 g/mol. The predicted octanol–water partition coefficient (Wildman–Crippen LogP) is 2.97. The summed E-state index contributed by atoms with van der Waals surface area (Å²) in [5.41, 5.74) is 0.860. The molecule has 1 saturated carbocycles. The lowest BCUT2D eigenvalue weighted by molar-refractivity contribution is -0.144. The van der Waals surface area contributed by atoms with E-state index in [-0.39, 0.29) is 5.41 Å². The van der Waals surface area contributed by atoms with Crippen molar-refractivity contribution in [3.8, 4) is 0 Å². The van der Waals surface area contributed by atoms with E-state index >= 15 is 0 Å². The number of nitrogens with zero attached hydrogens (tertiary/aromatic N) is 2. The number of ether oxygens (including phenoxy) is 1. The van der Waals surface area contributed by atoms with Gasteiger partial charge in [-0.25, -0.2) is 8.42 Å². The van der Waals surface area contributed by atoms with Gasteiger partial charge in [0.2, 0.25) is 5.78 Å². The Bertz CT molecular complexity index is 840. The Morgan fingerprint density at radius 1 is 1.14 bits per heavy atom. The Labute approximate surface area is 167 Å². The first-order chi connectivity index (χ1) is 12.8. The van der Waals surface area contributed by atoms with Crippen LogP contribution in [-0.2, 0) is 31.8 Å². The SMILES string of the molecule is Cn1nc(C(C)(C)C)cc1C(=O)COC(=O)C(C)(C)S(=O)(=O)C1CCCCC1. The Balaban J connectivity index is 2.08. The molecule has 1 fully saturated rings. The number of carbonyl (C=O) groups excluding carboxylic acids is 2. The molecule has 1 heterocycles. The zero-order chi connectivity index (χ0) is 21.3. The molecule has 0 saturated heterocycles. The van der Waals surface area contributed by atoms with Crippen LogP contribution in [0.2, 0.25) is 0 Å². The van der Waals surface area contributed by atoms with Gasteiger partial charge in [-0.3, -0.25) is 14.3 Å². The summed E-state index contributed by atoms with van der Waals surface area (Å²) in [5.74, 6) is -1.30. The third-order valence-corrected chi connectivity index (χ3v) is 8.40. The average Bonchev–Trinajstić information content (AvgIpc) is 3.02. The second-order valence-electron chi connectivity index (χ2n) is 9.10. The van der Waals surface area contributed by atoms with Crippen molar-refractivity contribution in [2.75, 3.05) is 6.61 Å². The van der Waals surface area contributed by atoms with Gasteiger partial charge < -0.3 is 4.74 Å². The number of rotatable bonds is 6. The van der Waals surface area contributed by atoms with Crippen molar-refractivity contribution in [3.05, 3.63) is 17.5 Å². The van der Waals surface area contributed by atoms with Crippen molar-refractivity contribution >= 4 is 21.6 Å². The van der Waals surface area contributed by atoms with Crippen LogP contribution in [0.4, 0.5) is 0 Å². The molecular weight excluding hydrogens is 380 g/mol. The number of hydrogen-bond acceptors (Lipinski definition) is 6. The highest BCUT2D eigenvalue weighted by Crippen LogP contribution is 2.32. The molecule has 0 aliphatic heterocycles. The van der Waals surface area contributed by atoms with E-state index in [0.29, 0.717) is 18.5 Å². The molecule has 158 valence electrons. The fourth-order valence-electron chi connectivity index (χ4n) is 3.38. The predicted molar refractivity (Wildman–Crippen MR) is 107 cm³/mol. The van der Waals surface area contributed by atoms with Gasteiger partial charge in [0.1, 0.15) is 5.69 Å². The van der Waals surface area contributed by atoms with Crippen LogP contribution in [0.25, 0.3) is 0 Å². The van der Waals surface area contributed by atoms with Gasteiger partial charge in [-0.05, 0) is 32.8 Å². The third-order valence-electron chi connectivity index (χ3n) is 5.46. The highest BCUT2D eigenvalue weighted by Gasteiger charge is 2.47. The van der Waals surface area contributed by atoms with E-state index in [1.54, 1.807) is 13.1 Å². The van der Waals surface area contributed by atoms with Crippen molar-refractivity contribution in [1.29, 1.82) is 0 Å². The van der Waals surface area contributed by atoms with Gasteiger partial charge >= 0.3 is 5.97 Å². The van der Waals surface area contributed by atoms with E-state index in [9.17, 15) is 18.0 Å². The van der Waals surface area contributed by atoms with Crippen molar-refractivity contribution in [2.45, 2.75) is 82.1 Å². The molecule has 1 aromatic rings. The normalized spacial score (nSPS) is 16.8. The Hall–Kier alpha value is -1.70. The van der Waals surface area contributed by atoms with Crippen molar-refractivity contribution in [2.24, 2.45) is 7.05 Å². The summed E-state index contributed by atoms with van der Waals surface area (Å²) in [6, 6.07) is 1.68. The Kier molecular flexibility index (Phi) is 6.43. The molecule has 0 aromatic carbocycles. The first-order valence-corrected chi connectivity index (χ1v) is 11.3. The standard InChI is InChI=1S/C20H32N2O5S/c1-19(2,3)17-12-15(22(6)21-17)16(23)13-27-18(24)20(4,5)28(25,26)14-10-8-7-9-11-14/h12,14H,7-11,13H2,1-6H3. The van der Waals surface area contributed by atoms with E-state index in [2.05, 4.69) is 5.10 Å². The van der Waals surface area contributed by atoms with Gasteiger partial charge in [-0.1, -0.05) is 40.0 Å². The van der Waals surface area contributed by atoms with Crippen LogP contribution < -0.4 is 0 Å². The van der Waals surface area contributed by atoms with Crippen molar-refractivity contribution in [3.63, 3.8) is 0 Å². The third kappa shape index (κ3) is 4.47. The number of carbonyl (C=O) groups is 2. The number of Topliss-reactive ketones (excluding diaryl/α,β-unsaturated/α-hetero) is 1. The second kappa shape index (κ2) is 7.97. The zero-order valence-corrected chi connectivity index (χ0v) is 18.6. The lowest BCUT2D eigenvalue weighted by Gasteiger charge is -2.30. The maximum atomic E-state index is 12.9. The molecule has 0 bridgehead atoms. The fourth-order valence-corrected chi connectivity index (χ4v) is 5.46. The molecule has 1 aromatic heterocycles. The van der Waals surface area contributed by atoms with Gasteiger partial charge in [-0.2, -0.15) is 5.10 Å². The summed E-state index contributed by atoms with van der Waals surface area (Å²) < 4.78 is 30.8. The number of sulfone groups is 1. The minimum atomic E-state index is -3.70. The van der Waals surface area contributed by atoms with Gasteiger partial charge in [0, 0.05) is 12.5 Å². The number of aryl methyl sites for hydroxylation is 1. The van der Waals surface area contributed by atoms with E-state index in [1.807, 2.05) is 20.8 Å². The Morgan fingerprint density at radius 2 is 1.71 bits per heavy atom. The van der Waals surface area contributed by atoms with Gasteiger partial charge in [0.05, 0.1) is 10.9 Å². The molecule has 8 heteroatoms. The van der Waals surface area contributed by atoms with Crippen LogP contribution >= 0.6 is 0 Å². The molecular formula is C20H32N2O5S. The molecule has 2 rings (SSSR count). The van der Waals surface area contributed by atoms with E-state index in [1.165, 1.54) is 18.5 Å². The zero-order valence-electron chi connectivity index (χ0n) is 17.7. The van der Waals surface area contributed by atoms with Crippen LogP contribution in [0.3, 0.4) is 0 Å². The fraction of sp³-hybridized carbons (Fsp3) is 0.750. The molecule has 0 atom stereocenters. The highest BCUT2D eigenvalue weighted by molar-refractivity contribution is 7.94. The van der Waals surface area contributed by atoms with Crippen LogP contribution in [0, 0.1) is 0 Å². The lowest BCUT2D eigenvalue weighted by atomic mass is 9.92. The summed E-state index contributed by atoms with van der Waals surface area (Å²) in [4.78, 5) is 25.1. The van der Waals surface area contributed by atoms with E-state index in [0.717, 1.165) is 25.0 Å². The van der Waals surface area contributed by atoms with Crippen LogP contribution in [0.5, 0.6) is 0 Å². The molecule has 0 amide bonds. The summed E-state index contributed by atoms with van der Waals surface area (Å²) in [5, 5.41) is 3.82. The van der Waals surface area contributed by atoms with Gasteiger partial charge in [0.25, 0.3) is 0 Å². The minimum absolute atomic E-state index is 0.219. The number of esters is 1. The largest absolute Gasteiger partial charge is 0.456 e. The Morgan fingerprint density at radius 3 is 2.21 bits per heavy atom. The molecule has 1 aliphatic rings. The van der Waals surface area contributed by atoms with Gasteiger partial charge in [-0.15, -0.1) is 0 Å². The topological polar surface area (TPSA) is 95.3 Å². The van der Waals surface area contributed by atoms with Crippen LogP contribution in [-0.4, -0.2) is 46.6 Å². The number of ketones is 1. The lowest BCUT2D eigenvalue weighted by Crippen LogP contribution is -2.47. The molecule has 7 nitrogen and oxygen atoms in total. The van der Waals surface area contributed by atoms with E-state index in [4.69, 9.17) is 4.74 Å². The molecule has 1 aliphatic carbocycles. The quantitative estimate of drug-likeness (QED) is 0.526. The molecule has 0 N–H and O–H groups in total. The highest BCUT2D eigenvalue weighted by atomic mass is 32.2. The van der Waals surface area contributed by atoms with Crippen molar-refractivity contribution < 1.29 is 22.7 Å². The first-order valence-electron chi connectivity index (χ1n) is 9.77. The summed E-state index contributed by atoms with van der Waals surface area (Å²) in [6.45, 7) is 8.19. The van der Waals surface area contributed by atoms with Crippen molar-refractivity contribution in [1.82, 2.24) is 9.78 Å². The summed E-state index contributed by atoms with van der Waals surface area (Å²) in [6.07, 6.45) is 3.87. The summed E-state index contributed by atoms with van der Waals surface area (Å²) in [7, 11) is -2.05. The van der Waals surface area contributed by atoms with Crippen LogP contribution in [0.15, 0.2) is 6.07 Å². The molecule has 0 unspecified atom stereocenters. The van der Waals surface area contributed by atoms with Crippen LogP contribution in [0.1, 0.15) is 82.9 Å². The molecule has 28 heavy (non-hydrogen) atoms. The minimum Gasteiger partial charge on any atom is -0.456 e. The maximum Gasteiger partial charge on any atom is 0.327 e. The first kappa shape index (κ1) is 22.6. The second-order valence-corrected chi connectivity index (χ2v) is 11.9. The summed E-state index contributed by atoms with van der Waals surface area (Å²) >= 11 is 0.